The topological polar surface area (TPSA) is 29.0 Å². The molecule has 0 saturated carbocycles. The fourth-order valence-corrected chi connectivity index (χ4v) is 3.56. The van der Waals surface area contributed by atoms with E-state index in [1.807, 2.05) is 12.1 Å². The Bertz CT molecular complexity index is 738. The molecule has 0 atom stereocenters. The highest BCUT2D eigenvalue weighted by atomic mass is 35.5. The van der Waals surface area contributed by atoms with E-state index in [1.165, 1.54) is 24.2 Å². The Balaban J connectivity index is 1.94. The summed E-state index contributed by atoms with van der Waals surface area (Å²) in [5, 5.41) is 0.762. The lowest BCUT2D eigenvalue weighted by molar-refractivity contribution is 0.269. The number of aromatic nitrogens is 2. The van der Waals surface area contributed by atoms with Crippen LogP contribution in [0.2, 0.25) is 5.02 Å². The number of fused-ring (bicyclic) bond motifs is 1. The van der Waals surface area contributed by atoms with Gasteiger partial charge >= 0.3 is 0 Å². The molecule has 0 saturated heterocycles. The molecule has 3 nitrogen and oxygen atoms in total. The molecule has 1 aromatic heterocycles. The Morgan fingerprint density at radius 1 is 1.00 bits per heavy atom. The highest BCUT2D eigenvalue weighted by Gasteiger charge is 2.21. The zero-order chi connectivity index (χ0) is 18.7. The first-order valence-electron chi connectivity index (χ1n) is 9.82. The number of halogens is 1. The Kier molecular flexibility index (Phi) is 6.31. The van der Waals surface area contributed by atoms with E-state index in [-0.39, 0.29) is 0 Å². The Labute approximate surface area is 162 Å². The van der Waals surface area contributed by atoms with Crippen LogP contribution in [0.1, 0.15) is 57.1 Å². The van der Waals surface area contributed by atoms with Gasteiger partial charge in [-0.1, -0.05) is 51.4 Å². The predicted octanol–water partition coefficient (Wildman–Crippen LogP) is 5.37. The van der Waals surface area contributed by atoms with Gasteiger partial charge in [0, 0.05) is 47.3 Å². The second-order valence-corrected chi connectivity index (χ2v) is 8.48. The largest absolute Gasteiger partial charge is 0.303 e. The van der Waals surface area contributed by atoms with E-state index in [2.05, 4.69) is 44.7 Å². The Morgan fingerprint density at radius 2 is 1.69 bits per heavy atom. The van der Waals surface area contributed by atoms with E-state index in [4.69, 9.17) is 21.6 Å². The van der Waals surface area contributed by atoms with Gasteiger partial charge in [-0.15, -0.1) is 0 Å². The quantitative estimate of drug-likeness (QED) is 0.707. The van der Waals surface area contributed by atoms with Gasteiger partial charge in [0.1, 0.15) is 5.82 Å². The molecule has 2 aromatic rings. The van der Waals surface area contributed by atoms with Gasteiger partial charge in [-0.3, -0.25) is 0 Å². The minimum Gasteiger partial charge on any atom is -0.303 e. The van der Waals surface area contributed by atoms with Gasteiger partial charge in [0.25, 0.3) is 0 Å². The molecule has 0 bridgehead atoms. The lowest BCUT2D eigenvalue weighted by Gasteiger charge is -2.20. The van der Waals surface area contributed by atoms with Crippen LogP contribution in [-0.4, -0.2) is 34.5 Å². The maximum absolute atomic E-state index is 6.09. The summed E-state index contributed by atoms with van der Waals surface area (Å²) in [4.78, 5) is 12.5. The average molecular weight is 372 g/mol. The van der Waals surface area contributed by atoms with Crippen molar-refractivity contribution in [3.8, 4) is 11.3 Å². The first-order valence-corrected chi connectivity index (χ1v) is 10.2. The average Bonchev–Trinajstić information content (AvgIpc) is 2.82. The molecule has 26 heavy (non-hydrogen) atoms. The molecule has 2 heterocycles. The molecule has 140 valence electrons. The van der Waals surface area contributed by atoms with Gasteiger partial charge < -0.3 is 4.90 Å². The van der Waals surface area contributed by atoms with Crippen molar-refractivity contribution in [2.24, 2.45) is 5.92 Å². The van der Waals surface area contributed by atoms with Crippen LogP contribution >= 0.6 is 11.6 Å². The SMILES string of the molecule is CC(C)CCN1CCc2nc(C(C)C)nc(-c3ccc(Cl)cc3)c2CC1. The van der Waals surface area contributed by atoms with E-state index in [1.54, 1.807) is 0 Å². The van der Waals surface area contributed by atoms with Gasteiger partial charge in [0.2, 0.25) is 0 Å². The van der Waals surface area contributed by atoms with Crippen molar-refractivity contribution in [1.82, 2.24) is 14.9 Å². The maximum atomic E-state index is 6.09. The third kappa shape index (κ3) is 4.63. The van der Waals surface area contributed by atoms with Crippen LogP contribution in [0.4, 0.5) is 0 Å². The Hall–Kier alpha value is -1.45. The van der Waals surface area contributed by atoms with Crippen LogP contribution in [0.3, 0.4) is 0 Å². The molecule has 0 unspecified atom stereocenters. The minimum atomic E-state index is 0.326. The smallest absolute Gasteiger partial charge is 0.131 e. The van der Waals surface area contributed by atoms with Crippen molar-refractivity contribution in [2.45, 2.75) is 52.9 Å². The standard InChI is InChI=1S/C22H30ClN3/c1-15(2)9-12-26-13-10-19-20(11-14-26)24-22(16(3)4)25-21(19)17-5-7-18(23)8-6-17/h5-8,15-16H,9-14H2,1-4H3. The normalized spacial score (nSPS) is 15.3. The molecule has 0 amide bonds. The molecule has 0 radical (unpaired) electrons. The minimum absolute atomic E-state index is 0.326. The van der Waals surface area contributed by atoms with Crippen LogP contribution in [0, 0.1) is 5.92 Å². The second-order valence-electron chi connectivity index (χ2n) is 8.04. The summed E-state index contributed by atoms with van der Waals surface area (Å²) in [6, 6.07) is 8.06. The second kappa shape index (κ2) is 8.49. The molecular weight excluding hydrogens is 342 g/mol. The summed E-state index contributed by atoms with van der Waals surface area (Å²) in [5.41, 5.74) is 4.80. The van der Waals surface area contributed by atoms with Crippen LogP contribution in [0.5, 0.6) is 0 Å². The summed E-state index contributed by atoms with van der Waals surface area (Å²) < 4.78 is 0. The molecule has 1 aliphatic rings. The molecule has 1 aromatic carbocycles. The summed E-state index contributed by atoms with van der Waals surface area (Å²) in [5.74, 6) is 2.02. The molecule has 0 N–H and O–H groups in total. The van der Waals surface area contributed by atoms with E-state index in [0.29, 0.717) is 5.92 Å². The van der Waals surface area contributed by atoms with Crippen LogP contribution in [0.15, 0.2) is 24.3 Å². The highest BCUT2D eigenvalue weighted by Crippen LogP contribution is 2.29. The van der Waals surface area contributed by atoms with E-state index in [9.17, 15) is 0 Å². The number of hydrogen-bond acceptors (Lipinski definition) is 3. The zero-order valence-corrected chi connectivity index (χ0v) is 17.2. The van der Waals surface area contributed by atoms with Crippen molar-refractivity contribution < 1.29 is 0 Å². The van der Waals surface area contributed by atoms with E-state index in [0.717, 1.165) is 54.0 Å². The van der Waals surface area contributed by atoms with Crippen molar-refractivity contribution >= 4 is 11.6 Å². The lowest BCUT2D eigenvalue weighted by Crippen LogP contribution is -2.28. The van der Waals surface area contributed by atoms with Crippen LogP contribution in [0.25, 0.3) is 11.3 Å². The fraction of sp³-hybridized carbons (Fsp3) is 0.545. The fourth-order valence-electron chi connectivity index (χ4n) is 3.43. The number of hydrogen-bond donors (Lipinski definition) is 0. The Morgan fingerprint density at radius 3 is 2.35 bits per heavy atom. The molecule has 0 spiro atoms. The summed E-state index contributed by atoms with van der Waals surface area (Å²) >= 11 is 6.09. The monoisotopic (exact) mass is 371 g/mol. The van der Waals surface area contributed by atoms with E-state index < -0.39 is 0 Å². The van der Waals surface area contributed by atoms with Gasteiger partial charge in [-0.05, 0) is 37.4 Å². The summed E-state index contributed by atoms with van der Waals surface area (Å²) in [7, 11) is 0. The zero-order valence-electron chi connectivity index (χ0n) is 16.4. The first kappa shape index (κ1) is 19.3. The van der Waals surface area contributed by atoms with Gasteiger partial charge in [0.15, 0.2) is 0 Å². The van der Waals surface area contributed by atoms with Crippen LogP contribution < -0.4 is 0 Å². The lowest BCUT2D eigenvalue weighted by atomic mass is 10.00. The summed E-state index contributed by atoms with van der Waals surface area (Å²) in [6.07, 6.45) is 3.28. The molecule has 4 heteroatoms. The van der Waals surface area contributed by atoms with Crippen LogP contribution in [-0.2, 0) is 12.8 Å². The predicted molar refractivity (Wildman–Crippen MR) is 110 cm³/mol. The van der Waals surface area contributed by atoms with Crippen molar-refractivity contribution in [3.05, 3.63) is 46.4 Å². The molecule has 0 aliphatic carbocycles. The van der Waals surface area contributed by atoms with Crippen molar-refractivity contribution in [3.63, 3.8) is 0 Å². The van der Waals surface area contributed by atoms with Gasteiger partial charge in [-0.2, -0.15) is 0 Å². The highest BCUT2D eigenvalue weighted by molar-refractivity contribution is 6.30. The van der Waals surface area contributed by atoms with Gasteiger partial charge in [0.05, 0.1) is 5.69 Å². The molecular formula is C22H30ClN3. The third-order valence-corrected chi connectivity index (χ3v) is 5.36. The van der Waals surface area contributed by atoms with Gasteiger partial charge in [-0.25, -0.2) is 9.97 Å². The van der Waals surface area contributed by atoms with Crippen molar-refractivity contribution in [1.29, 1.82) is 0 Å². The van der Waals surface area contributed by atoms with E-state index >= 15 is 0 Å². The summed E-state index contributed by atoms with van der Waals surface area (Å²) in [6.45, 7) is 12.3. The number of rotatable bonds is 5. The number of benzene rings is 1. The molecule has 0 fully saturated rings. The maximum Gasteiger partial charge on any atom is 0.131 e. The number of nitrogens with zero attached hydrogens (tertiary/aromatic N) is 3. The first-order chi connectivity index (χ1) is 12.4. The molecule has 1 aliphatic heterocycles. The molecule has 3 rings (SSSR count). The third-order valence-electron chi connectivity index (χ3n) is 5.11. The van der Waals surface area contributed by atoms with Crippen molar-refractivity contribution in [2.75, 3.05) is 19.6 Å².